The molecule has 220 valence electrons. The average Bonchev–Trinajstić information content (AvgIpc) is 3.12. The first-order chi connectivity index (χ1) is 22.7. The smallest absolute Gasteiger partial charge is 0.0504 e. The maximum absolute atomic E-state index is 6.71. The Hall–Kier alpha value is -5.70. The molecule has 0 fully saturated rings. The van der Waals surface area contributed by atoms with Crippen molar-refractivity contribution in [1.29, 1.82) is 0 Å². The Balaban J connectivity index is 1.14. The molecular weight excluding hydrogens is 556 g/mol. The fourth-order valence-corrected chi connectivity index (χ4v) is 6.68. The van der Waals surface area contributed by atoms with E-state index in [1.165, 1.54) is 59.8 Å². The Bertz CT molecular complexity index is 2370. The number of hydrogen-bond donors (Lipinski definition) is 2. The first-order valence-electron chi connectivity index (χ1n) is 15.9. The van der Waals surface area contributed by atoms with E-state index in [2.05, 4.69) is 157 Å². The Morgan fingerprint density at radius 1 is 0.522 bits per heavy atom. The van der Waals surface area contributed by atoms with Crippen molar-refractivity contribution in [3.8, 4) is 11.1 Å². The maximum Gasteiger partial charge on any atom is 0.0504 e. The van der Waals surface area contributed by atoms with Gasteiger partial charge in [0.1, 0.15) is 0 Å². The van der Waals surface area contributed by atoms with Crippen LogP contribution in [0, 0.1) is 0 Å². The van der Waals surface area contributed by atoms with Crippen LogP contribution in [0.15, 0.2) is 170 Å². The van der Waals surface area contributed by atoms with Gasteiger partial charge in [-0.25, -0.2) is 0 Å². The van der Waals surface area contributed by atoms with Crippen LogP contribution in [-0.2, 0) is 6.54 Å². The molecule has 0 aliphatic carbocycles. The minimum absolute atomic E-state index is 0.228. The fourth-order valence-electron chi connectivity index (χ4n) is 6.68. The molecule has 0 heterocycles. The van der Waals surface area contributed by atoms with Crippen LogP contribution in [0.5, 0.6) is 0 Å². The first kappa shape index (κ1) is 27.8. The zero-order valence-electron chi connectivity index (χ0n) is 25.5. The van der Waals surface area contributed by atoms with E-state index in [0.29, 0.717) is 6.54 Å². The van der Waals surface area contributed by atoms with E-state index in [4.69, 9.17) is 5.73 Å². The van der Waals surface area contributed by atoms with E-state index < -0.39 is 0 Å². The van der Waals surface area contributed by atoms with E-state index in [1.54, 1.807) is 0 Å². The van der Waals surface area contributed by atoms with Crippen LogP contribution in [0.25, 0.3) is 59.9 Å². The highest BCUT2D eigenvalue weighted by molar-refractivity contribution is 6.20. The van der Waals surface area contributed by atoms with Crippen molar-refractivity contribution in [3.63, 3.8) is 0 Å². The molecule has 0 saturated carbocycles. The molecule has 0 amide bonds. The van der Waals surface area contributed by atoms with Gasteiger partial charge in [0.15, 0.2) is 0 Å². The summed E-state index contributed by atoms with van der Waals surface area (Å²) in [6.45, 7) is 0.682. The van der Waals surface area contributed by atoms with E-state index in [-0.39, 0.29) is 6.04 Å². The van der Waals surface area contributed by atoms with Gasteiger partial charge in [0, 0.05) is 12.2 Å². The molecule has 2 nitrogen and oxygen atoms in total. The van der Waals surface area contributed by atoms with Crippen LogP contribution in [0.3, 0.4) is 0 Å². The second-order valence-corrected chi connectivity index (χ2v) is 12.0. The second kappa shape index (κ2) is 12.0. The highest BCUT2D eigenvalue weighted by atomic mass is 14.9. The monoisotopic (exact) mass is 590 g/mol. The minimum atomic E-state index is -0.228. The standard InChI is InChI=1S/C44H34N2/c45-42(33-12-2-1-3-13-33)28-43(37-23-22-31-10-4-5-14-35(31)26-37)46-29-30-18-20-34(21-19-30)44-39-17-9-7-15-36(39)27-41-38-16-8-6-11-32(38)24-25-40(41)44/h1-28,42,46H,29,45H2/b43-28-. The van der Waals surface area contributed by atoms with Gasteiger partial charge in [-0.1, -0.05) is 152 Å². The van der Waals surface area contributed by atoms with Crippen LogP contribution >= 0.6 is 0 Å². The lowest BCUT2D eigenvalue weighted by atomic mass is 9.89. The Labute approximate surface area is 269 Å². The third-order valence-electron chi connectivity index (χ3n) is 9.09. The quantitative estimate of drug-likeness (QED) is 0.143. The van der Waals surface area contributed by atoms with Gasteiger partial charge >= 0.3 is 0 Å². The predicted octanol–water partition coefficient (Wildman–Crippen LogP) is 10.8. The van der Waals surface area contributed by atoms with Crippen LogP contribution in [0.4, 0.5) is 0 Å². The first-order valence-corrected chi connectivity index (χ1v) is 15.9. The summed E-state index contributed by atoms with van der Waals surface area (Å²) in [7, 11) is 0. The molecule has 3 N–H and O–H groups in total. The lowest BCUT2D eigenvalue weighted by Crippen LogP contribution is -2.16. The van der Waals surface area contributed by atoms with Crippen LogP contribution in [0.1, 0.15) is 22.7 Å². The molecule has 2 heteroatoms. The average molecular weight is 591 g/mol. The predicted molar refractivity (Wildman–Crippen MR) is 197 cm³/mol. The summed E-state index contributed by atoms with van der Waals surface area (Å²) in [5, 5.41) is 13.8. The molecule has 46 heavy (non-hydrogen) atoms. The molecule has 8 aromatic rings. The van der Waals surface area contributed by atoms with Crippen molar-refractivity contribution in [2.24, 2.45) is 5.73 Å². The summed E-state index contributed by atoms with van der Waals surface area (Å²) in [5.41, 5.74) is 13.6. The SMILES string of the molecule is NC(/C=C(\NCc1ccc(-c2c3ccccc3cc3c2ccc2ccccc23)cc1)c1ccc2ccccc2c1)c1ccccc1. The number of benzene rings is 8. The summed E-state index contributed by atoms with van der Waals surface area (Å²) in [6, 6.07) is 58.4. The summed E-state index contributed by atoms with van der Waals surface area (Å²) in [6.07, 6.45) is 2.14. The Morgan fingerprint density at radius 3 is 1.98 bits per heavy atom. The lowest BCUT2D eigenvalue weighted by molar-refractivity contribution is 0.858. The van der Waals surface area contributed by atoms with Crippen molar-refractivity contribution in [1.82, 2.24) is 5.32 Å². The number of nitrogens with one attached hydrogen (secondary N) is 1. The number of fused-ring (bicyclic) bond motifs is 5. The third kappa shape index (κ3) is 5.30. The van der Waals surface area contributed by atoms with E-state index >= 15 is 0 Å². The van der Waals surface area contributed by atoms with Gasteiger partial charge in [-0.15, -0.1) is 0 Å². The van der Waals surface area contributed by atoms with Crippen molar-refractivity contribution in [2.75, 3.05) is 0 Å². The molecule has 0 saturated heterocycles. The number of hydrogen-bond acceptors (Lipinski definition) is 2. The molecule has 8 rings (SSSR count). The number of nitrogens with two attached hydrogens (primary N) is 1. The third-order valence-corrected chi connectivity index (χ3v) is 9.09. The second-order valence-electron chi connectivity index (χ2n) is 12.0. The van der Waals surface area contributed by atoms with Crippen molar-refractivity contribution in [2.45, 2.75) is 12.6 Å². The van der Waals surface area contributed by atoms with E-state index in [1.807, 2.05) is 18.2 Å². The summed E-state index contributed by atoms with van der Waals surface area (Å²) >= 11 is 0. The topological polar surface area (TPSA) is 38.0 Å². The van der Waals surface area contributed by atoms with Crippen molar-refractivity contribution < 1.29 is 0 Å². The van der Waals surface area contributed by atoms with Crippen molar-refractivity contribution >= 4 is 48.8 Å². The molecule has 8 aromatic carbocycles. The van der Waals surface area contributed by atoms with Gasteiger partial charge < -0.3 is 11.1 Å². The lowest BCUT2D eigenvalue weighted by Gasteiger charge is -2.17. The molecule has 0 radical (unpaired) electrons. The number of rotatable bonds is 7. The zero-order valence-corrected chi connectivity index (χ0v) is 25.5. The van der Waals surface area contributed by atoms with Crippen molar-refractivity contribution in [3.05, 3.63) is 187 Å². The van der Waals surface area contributed by atoms with Crippen LogP contribution < -0.4 is 11.1 Å². The fraction of sp³-hybridized carbons (Fsp3) is 0.0455. The zero-order chi connectivity index (χ0) is 30.9. The van der Waals surface area contributed by atoms with Crippen LogP contribution in [0.2, 0.25) is 0 Å². The summed E-state index contributed by atoms with van der Waals surface area (Å²) < 4.78 is 0. The normalized spacial score (nSPS) is 12.6. The van der Waals surface area contributed by atoms with Gasteiger partial charge in [0.05, 0.1) is 6.04 Å². The molecule has 0 spiro atoms. The molecule has 0 bridgehead atoms. The van der Waals surface area contributed by atoms with Gasteiger partial charge in [-0.3, -0.25) is 0 Å². The highest BCUT2D eigenvalue weighted by Crippen LogP contribution is 2.39. The molecule has 1 atom stereocenters. The minimum Gasteiger partial charge on any atom is -0.381 e. The Kier molecular flexibility index (Phi) is 7.26. The highest BCUT2D eigenvalue weighted by Gasteiger charge is 2.13. The molecule has 0 aromatic heterocycles. The van der Waals surface area contributed by atoms with Gasteiger partial charge in [-0.05, 0) is 89.1 Å². The van der Waals surface area contributed by atoms with Gasteiger partial charge in [0.2, 0.25) is 0 Å². The molecule has 0 aliphatic rings. The van der Waals surface area contributed by atoms with Crippen LogP contribution in [-0.4, -0.2) is 0 Å². The maximum atomic E-state index is 6.71. The summed E-state index contributed by atoms with van der Waals surface area (Å²) in [5.74, 6) is 0. The van der Waals surface area contributed by atoms with E-state index in [9.17, 15) is 0 Å². The largest absolute Gasteiger partial charge is 0.381 e. The van der Waals surface area contributed by atoms with Gasteiger partial charge in [-0.2, -0.15) is 0 Å². The molecule has 0 aliphatic heterocycles. The molecular formula is C44H34N2. The molecule has 1 unspecified atom stereocenters. The van der Waals surface area contributed by atoms with E-state index in [0.717, 1.165) is 16.8 Å². The Morgan fingerprint density at radius 2 is 1.17 bits per heavy atom. The van der Waals surface area contributed by atoms with Gasteiger partial charge in [0.25, 0.3) is 0 Å². The summed E-state index contributed by atoms with van der Waals surface area (Å²) in [4.78, 5) is 0.